The van der Waals surface area contributed by atoms with Crippen molar-refractivity contribution in [2.45, 2.75) is 43.2 Å². The van der Waals surface area contributed by atoms with Gasteiger partial charge in [0.05, 0.1) is 12.2 Å². The predicted octanol–water partition coefficient (Wildman–Crippen LogP) is 1.35. The third kappa shape index (κ3) is 3.13. The average molecular weight is 217 g/mol. The van der Waals surface area contributed by atoms with Crippen molar-refractivity contribution in [1.29, 1.82) is 5.26 Å². The lowest BCUT2D eigenvalue weighted by atomic mass is 9.91. The number of halogens is 1. The Morgan fingerprint density at radius 3 is 2.79 bits per heavy atom. The monoisotopic (exact) mass is 216 g/mol. The molecule has 0 heterocycles. The van der Waals surface area contributed by atoms with E-state index >= 15 is 0 Å². The van der Waals surface area contributed by atoms with Crippen LogP contribution in [0.4, 0.5) is 0 Å². The molecule has 1 fully saturated rings. The van der Waals surface area contributed by atoms with Gasteiger partial charge in [-0.05, 0) is 19.9 Å². The van der Waals surface area contributed by atoms with Crippen LogP contribution < -0.4 is 0 Å². The fourth-order valence-electron chi connectivity index (χ4n) is 2.03. The first-order valence-corrected chi connectivity index (χ1v) is 5.50. The van der Waals surface area contributed by atoms with Gasteiger partial charge in [-0.3, -0.25) is 4.90 Å². The maximum atomic E-state index is 9.76. The van der Waals surface area contributed by atoms with Crippen LogP contribution in [-0.4, -0.2) is 41.1 Å². The second kappa shape index (κ2) is 5.55. The fraction of sp³-hybridized carbons (Fsp3) is 0.900. The lowest BCUT2D eigenvalue weighted by Gasteiger charge is -2.35. The van der Waals surface area contributed by atoms with Crippen molar-refractivity contribution in [3.63, 3.8) is 0 Å². The highest BCUT2D eigenvalue weighted by molar-refractivity contribution is 6.22. The van der Waals surface area contributed by atoms with Gasteiger partial charge in [0.25, 0.3) is 0 Å². The highest BCUT2D eigenvalue weighted by Crippen LogP contribution is 2.22. The lowest BCUT2D eigenvalue weighted by Crippen LogP contribution is -2.45. The number of aliphatic hydroxyl groups excluding tert-OH is 1. The van der Waals surface area contributed by atoms with Gasteiger partial charge in [0.2, 0.25) is 0 Å². The molecule has 0 aromatic heterocycles. The number of hydrogen-bond acceptors (Lipinski definition) is 3. The van der Waals surface area contributed by atoms with Crippen LogP contribution in [0.5, 0.6) is 0 Å². The molecule has 0 saturated heterocycles. The minimum atomic E-state index is -0.478. The molecular formula is C10H17ClN2O. The van der Waals surface area contributed by atoms with Crippen molar-refractivity contribution in [2.75, 3.05) is 13.6 Å². The first-order valence-electron chi connectivity index (χ1n) is 5.07. The van der Waals surface area contributed by atoms with Crippen LogP contribution in [0.1, 0.15) is 25.7 Å². The molecule has 1 aliphatic rings. The second-order valence-electron chi connectivity index (χ2n) is 3.96. The lowest BCUT2D eigenvalue weighted by molar-refractivity contribution is 0.0335. The molecule has 3 atom stereocenters. The third-order valence-corrected chi connectivity index (χ3v) is 3.08. The number of hydrogen-bond donors (Lipinski definition) is 1. The average Bonchev–Trinajstić information content (AvgIpc) is 2.18. The Kier molecular flexibility index (Phi) is 4.67. The Labute approximate surface area is 90.3 Å². The summed E-state index contributed by atoms with van der Waals surface area (Å²) in [6.07, 6.45) is 3.89. The van der Waals surface area contributed by atoms with Gasteiger partial charge in [-0.1, -0.05) is 12.8 Å². The van der Waals surface area contributed by atoms with E-state index in [9.17, 15) is 5.11 Å². The molecule has 0 amide bonds. The van der Waals surface area contributed by atoms with Crippen LogP contribution in [0.25, 0.3) is 0 Å². The molecule has 0 aromatic carbocycles. The van der Waals surface area contributed by atoms with E-state index in [1.165, 1.54) is 0 Å². The van der Waals surface area contributed by atoms with E-state index in [1.54, 1.807) is 0 Å². The zero-order valence-electron chi connectivity index (χ0n) is 8.49. The van der Waals surface area contributed by atoms with E-state index in [0.717, 1.165) is 25.7 Å². The van der Waals surface area contributed by atoms with Gasteiger partial charge in [-0.25, -0.2) is 0 Å². The summed E-state index contributed by atoms with van der Waals surface area (Å²) in [5, 5.41) is 17.9. The molecule has 0 spiro atoms. The van der Waals surface area contributed by atoms with Crippen LogP contribution in [0.15, 0.2) is 0 Å². The normalized spacial score (nSPS) is 29.9. The standard InChI is InChI=1S/C10H17ClN2O/c1-13(7-8(11)6-12)9-4-2-3-5-10(9)14/h8-10,14H,2-5,7H2,1H3. The number of alkyl halides is 1. The van der Waals surface area contributed by atoms with Gasteiger partial charge in [-0.2, -0.15) is 5.26 Å². The molecule has 0 bridgehead atoms. The maximum absolute atomic E-state index is 9.76. The molecular weight excluding hydrogens is 200 g/mol. The van der Waals surface area contributed by atoms with E-state index in [4.69, 9.17) is 16.9 Å². The van der Waals surface area contributed by atoms with Gasteiger partial charge in [0.1, 0.15) is 5.38 Å². The van der Waals surface area contributed by atoms with Crippen molar-refractivity contribution < 1.29 is 5.11 Å². The van der Waals surface area contributed by atoms with Gasteiger partial charge >= 0.3 is 0 Å². The molecule has 0 aliphatic heterocycles. The topological polar surface area (TPSA) is 47.3 Å². The van der Waals surface area contributed by atoms with E-state index in [0.29, 0.717) is 6.54 Å². The van der Waals surface area contributed by atoms with Gasteiger partial charge in [-0.15, -0.1) is 11.6 Å². The number of likely N-dealkylation sites (N-methyl/N-ethyl adjacent to an activating group) is 1. The van der Waals surface area contributed by atoms with Crippen LogP contribution in [0.3, 0.4) is 0 Å². The quantitative estimate of drug-likeness (QED) is 0.725. The first kappa shape index (κ1) is 11.8. The minimum Gasteiger partial charge on any atom is -0.391 e. The summed E-state index contributed by atoms with van der Waals surface area (Å²) in [4.78, 5) is 2.00. The minimum absolute atomic E-state index is 0.179. The highest BCUT2D eigenvalue weighted by Gasteiger charge is 2.27. The van der Waals surface area contributed by atoms with Gasteiger partial charge in [0, 0.05) is 12.6 Å². The summed E-state index contributed by atoms with van der Waals surface area (Å²) < 4.78 is 0. The van der Waals surface area contributed by atoms with E-state index in [-0.39, 0.29) is 12.1 Å². The largest absolute Gasteiger partial charge is 0.391 e. The molecule has 1 rings (SSSR count). The van der Waals surface area contributed by atoms with Crippen LogP contribution in [-0.2, 0) is 0 Å². The van der Waals surface area contributed by atoms with Crippen molar-refractivity contribution in [2.24, 2.45) is 0 Å². The summed E-state index contributed by atoms with van der Waals surface area (Å²) >= 11 is 5.74. The van der Waals surface area contributed by atoms with E-state index in [2.05, 4.69) is 0 Å². The molecule has 80 valence electrons. The van der Waals surface area contributed by atoms with E-state index in [1.807, 2.05) is 18.0 Å². The molecule has 1 aliphatic carbocycles. The number of rotatable bonds is 3. The predicted molar refractivity (Wildman–Crippen MR) is 56.1 cm³/mol. The smallest absolute Gasteiger partial charge is 0.133 e. The van der Waals surface area contributed by atoms with Crippen molar-refractivity contribution >= 4 is 11.6 Å². The van der Waals surface area contributed by atoms with Gasteiger partial charge in [0.15, 0.2) is 0 Å². The van der Waals surface area contributed by atoms with Crippen molar-refractivity contribution in [3.8, 4) is 6.07 Å². The summed E-state index contributed by atoms with van der Waals surface area (Å²) in [5.41, 5.74) is 0. The number of nitriles is 1. The Bertz CT molecular complexity index is 217. The molecule has 1 N–H and O–H groups in total. The summed E-state index contributed by atoms with van der Waals surface area (Å²) in [6, 6.07) is 2.17. The fourth-order valence-corrected chi connectivity index (χ4v) is 2.25. The molecule has 14 heavy (non-hydrogen) atoms. The Morgan fingerprint density at radius 1 is 1.57 bits per heavy atom. The number of aliphatic hydroxyl groups is 1. The molecule has 3 unspecified atom stereocenters. The summed E-state index contributed by atoms with van der Waals surface area (Å²) in [5.74, 6) is 0. The first-order chi connectivity index (χ1) is 6.65. The Balaban J connectivity index is 2.42. The zero-order valence-corrected chi connectivity index (χ0v) is 9.24. The van der Waals surface area contributed by atoms with Crippen LogP contribution in [0.2, 0.25) is 0 Å². The Hall–Kier alpha value is -0.300. The third-order valence-electron chi connectivity index (χ3n) is 2.85. The van der Waals surface area contributed by atoms with Crippen molar-refractivity contribution in [3.05, 3.63) is 0 Å². The SMILES string of the molecule is CN(CC(Cl)C#N)C1CCCCC1O. The van der Waals surface area contributed by atoms with Crippen molar-refractivity contribution in [1.82, 2.24) is 4.90 Å². The summed E-state index contributed by atoms with van der Waals surface area (Å²) in [7, 11) is 1.92. The zero-order chi connectivity index (χ0) is 10.6. The summed E-state index contributed by atoms with van der Waals surface area (Å²) in [6.45, 7) is 0.528. The highest BCUT2D eigenvalue weighted by atomic mass is 35.5. The molecule has 0 aromatic rings. The van der Waals surface area contributed by atoms with E-state index < -0.39 is 5.38 Å². The molecule has 4 heteroatoms. The second-order valence-corrected chi connectivity index (χ2v) is 4.48. The van der Waals surface area contributed by atoms with Crippen LogP contribution in [0, 0.1) is 11.3 Å². The molecule has 1 saturated carbocycles. The maximum Gasteiger partial charge on any atom is 0.133 e. The van der Waals surface area contributed by atoms with Crippen LogP contribution >= 0.6 is 11.6 Å². The molecule has 3 nitrogen and oxygen atoms in total. The number of nitrogens with zero attached hydrogens (tertiary/aromatic N) is 2. The Morgan fingerprint density at radius 2 is 2.21 bits per heavy atom. The molecule has 0 radical (unpaired) electrons. The van der Waals surface area contributed by atoms with Gasteiger partial charge < -0.3 is 5.11 Å².